The highest BCUT2D eigenvalue weighted by Crippen LogP contribution is 2.16. The van der Waals surface area contributed by atoms with E-state index in [4.69, 9.17) is 0 Å². The van der Waals surface area contributed by atoms with Gasteiger partial charge in [-0.1, -0.05) is 27.2 Å². The minimum absolute atomic E-state index is 0.309. The minimum atomic E-state index is -3.35. The van der Waals surface area contributed by atoms with Crippen molar-refractivity contribution in [2.75, 3.05) is 11.9 Å². The Balaban J connectivity index is 2.76. The molecule has 19 heavy (non-hydrogen) atoms. The van der Waals surface area contributed by atoms with Gasteiger partial charge in [-0.2, -0.15) is 0 Å². The zero-order valence-corrected chi connectivity index (χ0v) is 12.8. The molecule has 0 heterocycles. The van der Waals surface area contributed by atoms with Crippen LogP contribution in [-0.2, 0) is 10.0 Å². The molecule has 0 saturated heterocycles. The third-order valence-electron chi connectivity index (χ3n) is 3.00. The molecule has 0 aromatic heterocycles. The number of hydrogen-bond donors (Lipinski definition) is 2. The molecule has 1 unspecified atom stereocenters. The van der Waals surface area contributed by atoms with Gasteiger partial charge >= 0.3 is 0 Å². The van der Waals surface area contributed by atoms with E-state index in [9.17, 15) is 8.42 Å². The molecule has 108 valence electrons. The molecule has 0 bridgehead atoms. The van der Waals surface area contributed by atoms with Gasteiger partial charge in [0.2, 0.25) is 10.0 Å². The second-order valence-electron chi connectivity index (χ2n) is 4.56. The minimum Gasteiger partial charge on any atom is -0.382 e. The van der Waals surface area contributed by atoms with Crippen LogP contribution in [0.1, 0.15) is 40.0 Å². The summed E-state index contributed by atoms with van der Waals surface area (Å²) in [6.07, 6.45) is 3.32. The number of hydrogen-bond acceptors (Lipinski definition) is 3. The van der Waals surface area contributed by atoms with Gasteiger partial charge in [-0.25, -0.2) is 13.1 Å². The molecular formula is C14H24N2O2S. The first kappa shape index (κ1) is 16.0. The summed E-state index contributed by atoms with van der Waals surface area (Å²) in [5.41, 5.74) is 0.968. The van der Waals surface area contributed by atoms with E-state index in [-0.39, 0.29) is 0 Å². The monoisotopic (exact) mass is 284 g/mol. The lowest BCUT2D eigenvalue weighted by Crippen LogP contribution is -2.23. The molecule has 1 aromatic rings. The van der Waals surface area contributed by atoms with Gasteiger partial charge in [-0.3, -0.25) is 0 Å². The van der Waals surface area contributed by atoms with Crippen molar-refractivity contribution in [2.45, 2.75) is 51.0 Å². The van der Waals surface area contributed by atoms with Gasteiger partial charge in [0.1, 0.15) is 0 Å². The molecule has 0 spiro atoms. The van der Waals surface area contributed by atoms with E-state index >= 15 is 0 Å². The summed E-state index contributed by atoms with van der Waals surface area (Å²) in [6, 6.07) is 7.37. The molecule has 0 aliphatic rings. The van der Waals surface area contributed by atoms with E-state index in [1.807, 2.05) is 12.1 Å². The maximum Gasteiger partial charge on any atom is 0.240 e. The summed E-state index contributed by atoms with van der Waals surface area (Å²) in [7, 11) is -3.35. The molecule has 1 rings (SSSR count). The van der Waals surface area contributed by atoms with Crippen molar-refractivity contribution in [3.63, 3.8) is 0 Å². The number of rotatable bonds is 8. The summed E-state index contributed by atoms with van der Waals surface area (Å²) in [4.78, 5) is 0.309. The zero-order chi connectivity index (χ0) is 14.3. The highest BCUT2D eigenvalue weighted by Gasteiger charge is 2.12. The Morgan fingerprint density at radius 1 is 1.11 bits per heavy atom. The van der Waals surface area contributed by atoms with Crippen molar-refractivity contribution >= 4 is 15.7 Å². The Morgan fingerprint density at radius 3 is 2.21 bits per heavy atom. The van der Waals surface area contributed by atoms with Gasteiger partial charge in [-0.15, -0.1) is 0 Å². The first-order valence-electron chi connectivity index (χ1n) is 6.89. The Morgan fingerprint density at radius 2 is 1.74 bits per heavy atom. The lowest BCUT2D eigenvalue weighted by Gasteiger charge is -2.17. The number of benzene rings is 1. The van der Waals surface area contributed by atoms with Crippen molar-refractivity contribution in [2.24, 2.45) is 0 Å². The van der Waals surface area contributed by atoms with Crippen LogP contribution in [0.5, 0.6) is 0 Å². The normalized spacial score (nSPS) is 13.2. The van der Waals surface area contributed by atoms with Gasteiger partial charge in [0.25, 0.3) is 0 Å². The second kappa shape index (κ2) is 7.50. The van der Waals surface area contributed by atoms with Crippen LogP contribution in [0.15, 0.2) is 29.2 Å². The van der Waals surface area contributed by atoms with Crippen molar-refractivity contribution in [1.29, 1.82) is 0 Å². The molecule has 0 radical (unpaired) electrons. The van der Waals surface area contributed by atoms with E-state index < -0.39 is 10.0 Å². The lowest BCUT2D eigenvalue weighted by molar-refractivity contribution is 0.584. The first-order chi connectivity index (χ1) is 9.03. The van der Waals surface area contributed by atoms with Gasteiger partial charge in [0.05, 0.1) is 4.90 Å². The molecular weight excluding hydrogens is 260 g/mol. The zero-order valence-electron chi connectivity index (χ0n) is 11.9. The predicted octanol–water partition coefficient (Wildman–Crippen LogP) is 2.98. The average molecular weight is 284 g/mol. The van der Waals surface area contributed by atoms with Crippen LogP contribution in [0.4, 0.5) is 5.69 Å². The summed E-state index contributed by atoms with van der Waals surface area (Å²) >= 11 is 0. The molecule has 0 amide bonds. The van der Waals surface area contributed by atoms with Crippen LogP contribution in [0.2, 0.25) is 0 Å². The maximum absolute atomic E-state index is 11.8. The summed E-state index contributed by atoms with van der Waals surface area (Å²) < 4.78 is 26.1. The molecule has 0 saturated carbocycles. The van der Waals surface area contributed by atoms with Crippen LogP contribution in [-0.4, -0.2) is 21.0 Å². The third-order valence-corrected chi connectivity index (χ3v) is 4.56. The topological polar surface area (TPSA) is 58.2 Å². The molecule has 0 fully saturated rings. The largest absolute Gasteiger partial charge is 0.382 e. The standard InChI is InChI=1S/C14H24N2O2S/c1-4-7-12(5-2)16-13-8-10-14(11-9-13)19(17,18)15-6-3/h8-12,15-16H,4-7H2,1-3H3. The van der Waals surface area contributed by atoms with Crippen LogP contribution in [0.3, 0.4) is 0 Å². The first-order valence-corrected chi connectivity index (χ1v) is 8.38. The summed E-state index contributed by atoms with van der Waals surface area (Å²) in [5, 5.41) is 3.43. The van der Waals surface area contributed by atoms with E-state index in [0.29, 0.717) is 17.5 Å². The van der Waals surface area contributed by atoms with Gasteiger partial charge < -0.3 is 5.32 Å². The fraction of sp³-hybridized carbons (Fsp3) is 0.571. The SMILES string of the molecule is CCCC(CC)Nc1ccc(S(=O)(=O)NCC)cc1. The molecule has 4 nitrogen and oxygen atoms in total. The van der Waals surface area contributed by atoms with Crippen LogP contribution in [0.25, 0.3) is 0 Å². The lowest BCUT2D eigenvalue weighted by atomic mass is 10.1. The van der Waals surface area contributed by atoms with Crippen LogP contribution >= 0.6 is 0 Å². The van der Waals surface area contributed by atoms with E-state index in [0.717, 1.165) is 24.9 Å². The fourth-order valence-electron chi connectivity index (χ4n) is 1.97. The van der Waals surface area contributed by atoms with E-state index in [1.54, 1.807) is 19.1 Å². The number of sulfonamides is 1. The predicted molar refractivity (Wildman–Crippen MR) is 79.9 cm³/mol. The molecule has 0 aliphatic heterocycles. The Bertz CT molecular complexity index is 469. The average Bonchev–Trinajstić information content (AvgIpc) is 2.39. The van der Waals surface area contributed by atoms with Gasteiger partial charge in [0, 0.05) is 18.3 Å². The van der Waals surface area contributed by atoms with Crippen molar-refractivity contribution in [1.82, 2.24) is 4.72 Å². The Hall–Kier alpha value is -1.07. The van der Waals surface area contributed by atoms with Crippen molar-refractivity contribution in [3.05, 3.63) is 24.3 Å². The fourth-order valence-corrected chi connectivity index (χ4v) is 3.01. The Kier molecular flexibility index (Phi) is 6.31. The second-order valence-corrected chi connectivity index (χ2v) is 6.33. The molecule has 2 N–H and O–H groups in total. The number of nitrogens with one attached hydrogen (secondary N) is 2. The molecule has 0 aliphatic carbocycles. The quantitative estimate of drug-likeness (QED) is 0.771. The van der Waals surface area contributed by atoms with E-state index in [2.05, 4.69) is 23.9 Å². The third kappa shape index (κ3) is 4.84. The molecule has 1 atom stereocenters. The smallest absolute Gasteiger partial charge is 0.240 e. The molecule has 1 aromatic carbocycles. The van der Waals surface area contributed by atoms with Crippen LogP contribution < -0.4 is 10.0 Å². The van der Waals surface area contributed by atoms with Crippen molar-refractivity contribution in [3.8, 4) is 0 Å². The maximum atomic E-state index is 11.8. The Labute approximate surface area is 116 Å². The summed E-state index contributed by atoms with van der Waals surface area (Å²) in [6.45, 7) is 6.48. The highest BCUT2D eigenvalue weighted by atomic mass is 32.2. The van der Waals surface area contributed by atoms with Crippen LogP contribution in [0, 0.1) is 0 Å². The molecule has 5 heteroatoms. The van der Waals surface area contributed by atoms with Gasteiger partial charge in [0.15, 0.2) is 0 Å². The number of anilines is 1. The van der Waals surface area contributed by atoms with Crippen molar-refractivity contribution < 1.29 is 8.42 Å². The van der Waals surface area contributed by atoms with Gasteiger partial charge in [-0.05, 0) is 37.1 Å². The highest BCUT2D eigenvalue weighted by molar-refractivity contribution is 7.89. The summed E-state index contributed by atoms with van der Waals surface area (Å²) in [5.74, 6) is 0. The van der Waals surface area contributed by atoms with E-state index in [1.165, 1.54) is 0 Å².